The third-order valence-corrected chi connectivity index (χ3v) is 9.65. The smallest absolute Gasteiger partial charge is 0.235 e. The fourth-order valence-electron chi connectivity index (χ4n) is 4.71. The Bertz CT molecular complexity index is 1340. The predicted molar refractivity (Wildman–Crippen MR) is 148 cm³/mol. The molecule has 0 bridgehead atoms. The summed E-state index contributed by atoms with van der Waals surface area (Å²) in [5.41, 5.74) is 2.84. The van der Waals surface area contributed by atoms with E-state index in [1.54, 1.807) is 25.6 Å². The highest BCUT2D eigenvalue weighted by molar-refractivity contribution is 7.99. The minimum atomic E-state index is -0.166. The van der Waals surface area contributed by atoms with Crippen molar-refractivity contribution in [3.05, 3.63) is 34.2 Å². The van der Waals surface area contributed by atoms with E-state index in [1.165, 1.54) is 16.6 Å². The van der Waals surface area contributed by atoms with Crippen molar-refractivity contribution < 1.29 is 14.3 Å². The predicted octanol–water partition coefficient (Wildman–Crippen LogP) is 5.70. The number of carbonyl (C=O) groups is 1. The molecule has 196 valence electrons. The zero-order valence-corrected chi connectivity index (χ0v) is 23.8. The van der Waals surface area contributed by atoms with Crippen LogP contribution in [-0.2, 0) is 24.7 Å². The fraction of sp³-hybridized carbons (Fsp3) is 0.481. The van der Waals surface area contributed by atoms with Gasteiger partial charge in [0.1, 0.15) is 11.1 Å². The Kier molecular flexibility index (Phi) is 8.14. The monoisotopic (exact) mass is 539 g/mol. The van der Waals surface area contributed by atoms with Gasteiger partial charge >= 0.3 is 0 Å². The van der Waals surface area contributed by atoms with Gasteiger partial charge in [-0.1, -0.05) is 39.0 Å². The van der Waals surface area contributed by atoms with Crippen molar-refractivity contribution in [3.8, 4) is 29.0 Å². The van der Waals surface area contributed by atoms with E-state index in [4.69, 9.17) is 9.47 Å². The Hall–Kier alpha value is -3.03. The molecule has 3 aromatic rings. The van der Waals surface area contributed by atoms with Crippen LogP contribution in [0, 0.1) is 22.7 Å². The lowest BCUT2D eigenvalue weighted by Gasteiger charge is -2.36. The first kappa shape index (κ1) is 27.0. The lowest BCUT2D eigenvalue weighted by Crippen LogP contribution is -2.28. The molecular weight excluding hydrogens is 506 g/mol. The van der Waals surface area contributed by atoms with Crippen LogP contribution in [0.1, 0.15) is 49.6 Å². The van der Waals surface area contributed by atoms with Gasteiger partial charge in [0.2, 0.25) is 5.91 Å². The van der Waals surface area contributed by atoms with E-state index in [0.717, 1.165) is 36.8 Å². The highest BCUT2D eigenvalue weighted by Crippen LogP contribution is 2.45. The van der Waals surface area contributed by atoms with Gasteiger partial charge in [0.15, 0.2) is 22.5 Å². The molecule has 0 spiro atoms. The molecule has 1 atom stereocenters. The van der Waals surface area contributed by atoms with E-state index in [-0.39, 0.29) is 17.1 Å². The Labute approximate surface area is 226 Å². The zero-order chi connectivity index (χ0) is 26.7. The summed E-state index contributed by atoms with van der Waals surface area (Å²) in [6.07, 6.45) is 4.07. The summed E-state index contributed by atoms with van der Waals surface area (Å²) in [7, 11) is 5.04. The third-order valence-electron chi connectivity index (χ3n) is 7.46. The Balaban J connectivity index is 1.44. The maximum Gasteiger partial charge on any atom is 0.235 e. The number of nitrogens with one attached hydrogen (secondary N) is 1. The fourth-order valence-corrected chi connectivity index (χ4v) is 6.71. The van der Waals surface area contributed by atoms with Crippen molar-refractivity contribution in [1.82, 2.24) is 14.8 Å². The van der Waals surface area contributed by atoms with Crippen molar-refractivity contribution in [3.63, 3.8) is 0 Å². The molecule has 1 N–H and O–H groups in total. The molecule has 0 fully saturated rings. The molecule has 0 saturated heterocycles. The summed E-state index contributed by atoms with van der Waals surface area (Å²) in [4.78, 5) is 14.1. The van der Waals surface area contributed by atoms with Crippen LogP contribution in [0.2, 0.25) is 0 Å². The Morgan fingerprint density at radius 2 is 2.05 bits per heavy atom. The summed E-state index contributed by atoms with van der Waals surface area (Å²) in [6, 6.07) is 7.90. The SMILES string of the molecule is CCC(C)(C)C1CCc2c(sc(NC(=O)CSc3nnc(-c4ccc(OC)c(OC)c4)n3C)c2C#N)C1. The van der Waals surface area contributed by atoms with Gasteiger partial charge in [-0.3, -0.25) is 4.79 Å². The first-order valence-corrected chi connectivity index (χ1v) is 14.1. The minimum Gasteiger partial charge on any atom is -0.493 e. The molecule has 1 amide bonds. The van der Waals surface area contributed by atoms with Crippen molar-refractivity contribution in [1.29, 1.82) is 5.26 Å². The summed E-state index contributed by atoms with van der Waals surface area (Å²) in [5, 5.41) is 22.7. The molecule has 0 radical (unpaired) electrons. The molecular formula is C27H33N5O3S2. The topological polar surface area (TPSA) is 102 Å². The number of carbonyl (C=O) groups excluding carboxylic acids is 1. The number of anilines is 1. The molecule has 37 heavy (non-hydrogen) atoms. The molecule has 1 aliphatic carbocycles. The van der Waals surface area contributed by atoms with Crippen molar-refractivity contribution in [2.45, 2.75) is 51.6 Å². The number of nitrogens with zero attached hydrogens (tertiary/aromatic N) is 4. The minimum absolute atomic E-state index is 0.164. The van der Waals surface area contributed by atoms with Crippen LogP contribution in [-0.4, -0.2) is 40.6 Å². The van der Waals surface area contributed by atoms with Gasteiger partial charge in [-0.25, -0.2) is 0 Å². The molecule has 2 heterocycles. The summed E-state index contributed by atoms with van der Waals surface area (Å²) < 4.78 is 12.6. The number of benzene rings is 1. The standard InChI is InChI=1S/C27H33N5O3S2/c1-7-27(2,3)17-9-10-18-19(14-28)25(37-22(18)13-17)29-23(33)15-36-26-31-30-24(32(26)4)16-8-11-20(34-5)21(12-16)35-6/h8,11-12,17H,7,9-10,13,15H2,1-6H3,(H,29,33). The van der Waals surface area contributed by atoms with Crippen LogP contribution >= 0.6 is 23.1 Å². The molecule has 10 heteroatoms. The molecule has 0 saturated carbocycles. The third kappa shape index (κ3) is 5.48. The average Bonchev–Trinajstić information content (AvgIpc) is 3.45. The van der Waals surface area contributed by atoms with E-state index in [0.29, 0.717) is 39.0 Å². The quantitative estimate of drug-likeness (QED) is 0.348. The molecule has 1 aliphatic rings. The van der Waals surface area contributed by atoms with E-state index in [9.17, 15) is 10.1 Å². The van der Waals surface area contributed by atoms with Crippen LogP contribution in [0.15, 0.2) is 23.4 Å². The number of fused-ring (bicyclic) bond motifs is 1. The number of rotatable bonds is 9. The molecule has 1 aromatic carbocycles. The van der Waals surface area contributed by atoms with E-state index < -0.39 is 0 Å². The first-order chi connectivity index (χ1) is 17.7. The number of hydrogen-bond donors (Lipinski definition) is 1. The summed E-state index contributed by atoms with van der Waals surface area (Å²) in [5.74, 6) is 2.48. The second-order valence-electron chi connectivity index (χ2n) is 9.87. The average molecular weight is 540 g/mol. The summed E-state index contributed by atoms with van der Waals surface area (Å²) >= 11 is 2.86. The summed E-state index contributed by atoms with van der Waals surface area (Å²) in [6.45, 7) is 6.89. The Morgan fingerprint density at radius 3 is 2.73 bits per heavy atom. The maximum absolute atomic E-state index is 12.9. The second-order valence-corrected chi connectivity index (χ2v) is 11.9. The van der Waals surface area contributed by atoms with Crippen LogP contribution in [0.4, 0.5) is 5.00 Å². The number of aromatic nitrogens is 3. The van der Waals surface area contributed by atoms with Gasteiger partial charge in [-0.2, -0.15) is 5.26 Å². The van der Waals surface area contributed by atoms with Crippen LogP contribution < -0.4 is 14.8 Å². The van der Waals surface area contributed by atoms with Gasteiger partial charge in [0.25, 0.3) is 0 Å². The zero-order valence-electron chi connectivity index (χ0n) is 22.2. The van der Waals surface area contributed by atoms with Gasteiger partial charge in [-0.05, 0) is 54.4 Å². The number of hydrogen-bond acceptors (Lipinski definition) is 8. The number of methoxy groups -OCH3 is 2. The van der Waals surface area contributed by atoms with Crippen LogP contribution in [0.25, 0.3) is 11.4 Å². The molecule has 0 aliphatic heterocycles. The molecule has 2 aromatic heterocycles. The number of thioether (sulfide) groups is 1. The maximum atomic E-state index is 12.9. The highest BCUT2D eigenvalue weighted by atomic mass is 32.2. The number of nitriles is 1. The number of ether oxygens (including phenoxy) is 2. The van der Waals surface area contributed by atoms with Crippen molar-refractivity contribution in [2.24, 2.45) is 18.4 Å². The molecule has 1 unspecified atom stereocenters. The van der Waals surface area contributed by atoms with Gasteiger partial charge < -0.3 is 19.4 Å². The number of amides is 1. The van der Waals surface area contributed by atoms with Crippen LogP contribution in [0.5, 0.6) is 11.5 Å². The largest absolute Gasteiger partial charge is 0.493 e. The van der Waals surface area contributed by atoms with E-state index in [1.807, 2.05) is 29.8 Å². The highest BCUT2D eigenvalue weighted by Gasteiger charge is 2.34. The Morgan fingerprint density at radius 1 is 1.30 bits per heavy atom. The molecule has 4 rings (SSSR count). The first-order valence-electron chi connectivity index (χ1n) is 12.3. The van der Waals surface area contributed by atoms with E-state index in [2.05, 4.69) is 42.4 Å². The van der Waals surface area contributed by atoms with Crippen molar-refractivity contribution in [2.75, 3.05) is 25.3 Å². The normalized spacial score (nSPS) is 15.1. The van der Waals surface area contributed by atoms with Crippen LogP contribution in [0.3, 0.4) is 0 Å². The molecule has 8 nitrogen and oxygen atoms in total. The number of thiophene rings is 1. The van der Waals surface area contributed by atoms with Crippen molar-refractivity contribution >= 4 is 34.0 Å². The van der Waals surface area contributed by atoms with E-state index >= 15 is 0 Å². The van der Waals surface area contributed by atoms with Gasteiger partial charge in [0, 0.05) is 17.5 Å². The van der Waals surface area contributed by atoms with Gasteiger partial charge in [-0.15, -0.1) is 21.5 Å². The lowest BCUT2D eigenvalue weighted by molar-refractivity contribution is -0.113. The lowest BCUT2D eigenvalue weighted by atomic mass is 9.69. The second kappa shape index (κ2) is 11.2. The van der Waals surface area contributed by atoms with Gasteiger partial charge in [0.05, 0.1) is 25.5 Å².